The number of rotatable bonds is 5. The van der Waals surface area contributed by atoms with Crippen LogP contribution in [0.25, 0.3) is 0 Å². The molecule has 0 amide bonds. The van der Waals surface area contributed by atoms with Gasteiger partial charge in [0.2, 0.25) is 0 Å². The first kappa shape index (κ1) is 15.4. The SMILES string of the molecule is CCc1cc(CC2CCCNC2)cc(C(C)C)c1OC. The first-order valence-corrected chi connectivity index (χ1v) is 8.06. The second-order valence-corrected chi connectivity index (χ2v) is 6.30. The van der Waals surface area contributed by atoms with Gasteiger partial charge in [-0.15, -0.1) is 0 Å². The maximum Gasteiger partial charge on any atom is 0.125 e. The minimum absolute atomic E-state index is 0.514. The van der Waals surface area contributed by atoms with Crippen molar-refractivity contribution in [2.24, 2.45) is 5.92 Å². The van der Waals surface area contributed by atoms with Crippen molar-refractivity contribution < 1.29 is 4.74 Å². The molecule has 2 heteroatoms. The first-order valence-electron chi connectivity index (χ1n) is 8.06. The minimum Gasteiger partial charge on any atom is -0.496 e. The summed E-state index contributed by atoms with van der Waals surface area (Å²) in [5.74, 6) is 2.41. The van der Waals surface area contributed by atoms with Crippen LogP contribution in [0.15, 0.2) is 12.1 Å². The van der Waals surface area contributed by atoms with Crippen LogP contribution >= 0.6 is 0 Å². The van der Waals surface area contributed by atoms with Gasteiger partial charge in [0.1, 0.15) is 5.75 Å². The molecule has 1 atom stereocenters. The molecule has 1 aromatic rings. The standard InChI is InChI=1S/C18H29NO/c1-5-16-10-15(9-14-7-6-8-19-12-14)11-17(13(2)3)18(16)20-4/h10-11,13-14,19H,5-9,12H2,1-4H3. The number of hydrogen-bond donors (Lipinski definition) is 1. The van der Waals surface area contributed by atoms with Gasteiger partial charge in [-0.25, -0.2) is 0 Å². The van der Waals surface area contributed by atoms with Crippen LogP contribution in [0.1, 0.15) is 56.2 Å². The van der Waals surface area contributed by atoms with Crippen LogP contribution in [0.2, 0.25) is 0 Å². The van der Waals surface area contributed by atoms with Crippen molar-refractivity contribution in [2.75, 3.05) is 20.2 Å². The quantitative estimate of drug-likeness (QED) is 0.879. The lowest BCUT2D eigenvalue weighted by atomic mass is 9.88. The van der Waals surface area contributed by atoms with Crippen molar-refractivity contribution in [2.45, 2.75) is 52.4 Å². The van der Waals surface area contributed by atoms with E-state index in [1.807, 2.05) is 0 Å². The zero-order chi connectivity index (χ0) is 14.5. The molecule has 1 aliphatic heterocycles. The Bertz CT molecular complexity index is 433. The van der Waals surface area contributed by atoms with E-state index in [0.29, 0.717) is 5.92 Å². The zero-order valence-electron chi connectivity index (χ0n) is 13.5. The molecule has 0 aromatic heterocycles. The monoisotopic (exact) mass is 275 g/mol. The summed E-state index contributed by atoms with van der Waals surface area (Å²) < 4.78 is 5.66. The van der Waals surface area contributed by atoms with Crippen LogP contribution in [0.3, 0.4) is 0 Å². The number of aryl methyl sites for hydroxylation is 1. The lowest BCUT2D eigenvalue weighted by Gasteiger charge is -2.24. The van der Waals surface area contributed by atoms with Gasteiger partial charge in [-0.1, -0.05) is 32.9 Å². The highest BCUT2D eigenvalue weighted by Crippen LogP contribution is 2.33. The molecule has 20 heavy (non-hydrogen) atoms. The zero-order valence-corrected chi connectivity index (χ0v) is 13.5. The Morgan fingerprint density at radius 3 is 2.70 bits per heavy atom. The van der Waals surface area contributed by atoms with Crippen molar-refractivity contribution in [1.29, 1.82) is 0 Å². The van der Waals surface area contributed by atoms with E-state index >= 15 is 0 Å². The average Bonchev–Trinajstić information content (AvgIpc) is 2.47. The molecule has 2 rings (SSSR count). The summed E-state index contributed by atoms with van der Waals surface area (Å²) >= 11 is 0. The van der Waals surface area contributed by atoms with Gasteiger partial charge < -0.3 is 10.1 Å². The molecule has 1 heterocycles. The van der Waals surface area contributed by atoms with Crippen LogP contribution in [-0.2, 0) is 12.8 Å². The molecule has 1 fully saturated rings. The third-order valence-corrected chi connectivity index (χ3v) is 4.38. The van der Waals surface area contributed by atoms with Crippen LogP contribution in [-0.4, -0.2) is 20.2 Å². The Morgan fingerprint density at radius 2 is 2.15 bits per heavy atom. The van der Waals surface area contributed by atoms with E-state index < -0.39 is 0 Å². The maximum absolute atomic E-state index is 5.66. The summed E-state index contributed by atoms with van der Waals surface area (Å²) in [6, 6.07) is 4.73. The predicted molar refractivity (Wildman–Crippen MR) is 85.8 cm³/mol. The smallest absolute Gasteiger partial charge is 0.125 e. The highest BCUT2D eigenvalue weighted by atomic mass is 16.5. The number of methoxy groups -OCH3 is 1. The second kappa shape index (κ2) is 7.12. The van der Waals surface area contributed by atoms with E-state index in [1.165, 1.54) is 49.0 Å². The van der Waals surface area contributed by atoms with E-state index in [9.17, 15) is 0 Å². The molecule has 2 nitrogen and oxygen atoms in total. The van der Waals surface area contributed by atoms with Gasteiger partial charge in [-0.3, -0.25) is 0 Å². The summed E-state index contributed by atoms with van der Waals surface area (Å²) in [6.07, 6.45) is 4.92. The number of benzene rings is 1. The van der Waals surface area contributed by atoms with Crippen molar-refractivity contribution in [3.63, 3.8) is 0 Å². The van der Waals surface area contributed by atoms with Crippen LogP contribution in [0.5, 0.6) is 5.75 Å². The molecule has 0 aliphatic carbocycles. The summed E-state index contributed by atoms with van der Waals surface area (Å²) in [6.45, 7) is 9.08. The molecule has 1 saturated heterocycles. The van der Waals surface area contributed by atoms with Crippen molar-refractivity contribution in [3.05, 3.63) is 28.8 Å². The summed E-state index contributed by atoms with van der Waals surface area (Å²) in [4.78, 5) is 0. The Morgan fingerprint density at radius 1 is 1.35 bits per heavy atom. The third-order valence-electron chi connectivity index (χ3n) is 4.38. The van der Waals surface area contributed by atoms with Gasteiger partial charge in [-0.05, 0) is 67.3 Å². The second-order valence-electron chi connectivity index (χ2n) is 6.30. The van der Waals surface area contributed by atoms with Crippen molar-refractivity contribution in [1.82, 2.24) is 5.32 Å². The molecule has 1 unspecified atom stereocenters. The van der Waals surface area contributed by atoms with Crippen LogP contribution < -0.4 is 10.1 Å². The van der Waals surface area contributed by atoms with Crippen LogP contribution in [0.4, 0.5) is 0 Å². The minimum atomic E-state index is 0.514. The topological polar surface area (TPSA) is 21.3 Å². The normalized spacial score (nSPS) is 19.4. The maximum atomic E-state index is 5.66. The van der Waals surface area contributed by atoms with Gasteiger partial charge >= 0.3 is 0 Å². The Kier molecular flexibility index (Phi) is 5.47. The molecule has 1 aromatic carbocycles. The molecule has 0 saturated carbocycles. The highest BCUT2D eigenvalue weighted by molar-refractivity contribution is 5.46. The average molecular weight is 275 g/mol. The number of piperidine rings is 1. The summed E-state index contributed by atoms with van der Waals surface area (Å²) in [5.41, 5.74) is 4.21. The molecule has 112 valence electrons. The van der Waals surface area contributed by atoms with E-state index in [0.717, 1.165) is 18.1 Å². The van der Waals surface area contributed by atoms with Crippen molar-refractivity contribution in [3.8, 4) is 5.75 Å². The molecule has 0 bridgehead atoms. The molecular weight excluding hydrogens is 246 g/mol. The Hall–Kier alpha value is -1.02. The van der Waals surface area contributed by atoms with Gasteiger partial charge in [0.05, 0.1) is 7.11 Å². The predicted octanol–water partition coefficient (Wildman–Crippen LogP) is 3.92. The van der Waals surface area contributed by atoms with E-state index in [4.69, 9.17) is 4.74 Å². The number of ether oxygens (including phenoxy) is 1. The molecule has 1 N–H and O–H groups in total. The third kappa shape index (κ3) is 3.54. The highest BCUT2D eigenvalue weighted by Gasteiger charge is 2.17. The van der Waals surface area contributed by atoms with Gasteiger partial charge in [-0.2, -0.15) is 0 Å². The van der Waals surface area contributed by atoms with E-state index in [-0.39, 0.29) is 0 Å². The van der Waals surface area contributed by atoms with E-state index in [1.54, 1.807) is 7.11 Å². The largest absolute Gasteiger partial charge is 0.496 e. The Labute approximate surface area is 123 Å². The fourth-order valence-electron chi connectivity index (χ4n) is 3.27. The van der Waals surface area contributed by atoms with Gasteiger partial charge in [0, 0.05) is 0 Å². The molecule has 0 spiro atoms. The van der Waals surface area contributed by atoms with Crippen molar-refractivity contribution >= 4 is 0 Å². The van der Waals surface area contributed by atoms with E-state index in [2.05, 4.69) is 38.2 Å². The first-order chi connectivity index (χ1) is 9.65. The molecule has 0 radical (unpaired) electrons. The summed E-state index contributed by atoms with van der Waals surface area (Å²) in [5, 5.41) is 3.52. The lowest BCUT2D eigenvalue weighted by Crippen LogP contribution is -2.30. The molecular formula is C18H29NO. The Balaban J connectivity index is 2.26. The molecule has 1 aliphatic rings. The van der Waals surface area contributed by atoms with Gasteiger partial charge in [0.25, 0.3) is 0 Å². The fourth-order valence-corrected chi connectivity index (χ4v) is 3.27. The summed E-state index contributed by atoms with van der Waals surface area (Å²) in [7, 11) is 1.80. The fraction of sp³-hybridized carbons (Fsp3) is 0.667. The number of nitrogens with one attached hydrogen (secondary N) is 1. The number of hydrogen-bond acceptors (Lipinski definition) is 2. The van der Waals surface area contributed by atoms with Gasteiger partial charge in [0.15, 0.2) is 0 Å². The van der Waals surface area contributed by atoms with Crippen LogP contribution in [0, 0.1) is 5.92 Å². The lowest BCUT2D eigenvalue weighted by molar-refractivity contribution is 0.375.